The third-order valence-corrected chi connectivity index (χ3v) is 2.07. The summed E-state index contributed by atoms with van der Waals surface area (Å²) in [5.74, 6) is -2.89. The molecule has 0 aromatic heterocycles. The first kappa shape index (κ1) is 21.3. The van der Waals surface area contributed by atoms with E-state index in [-0.39, 0.29) is 4.47 Å². The Labute approximate surface area is 128 Å². The molecular weight excluding hydrogens is 330 g/mol. The molecule has 1 aromatic carbocycles. The number of halogens is 3. The molecule has 20 heavy (non-hydrogen) atoms. The second kappa shape index (κ2) is 9.86. The predicted octanol–water partition coefficient (Wildman–Crippen LogP) is 5.74. The number of esters is 1. The second-order valence-electron chi connectivity index (χ2n) is 4.25. The normalized spacial score (nSPS) is 9.70. The average molecular weight is 353 g/mol. The fraction of sp³-hybridized carbons (Fsp3) is 0.533. The summed E-state index contributed by atoms with van der Waals surface area (Å²) in [7, 11) is 0. The van der Waals surface area contributed by atoms with Crippen LogP contribution >= 0.6 is 15.9 Å². The molecule has 5 heteroatoms. The van der Waals surface area contributed by atoms with Crippen molar-refractivity contribution < 1.29 is 18.3 Å². The van der Waals surface area contributed by atoms with Crippen molar-refractivity contribution in [1.29, 1.82) is 0 Å². The van der Waals surface area contributed by atoms with Gasteiger partial charge in [-0.1, -0.05) is 43.6 Å². The fourth-order valence-corrected chi connectivity index (χ4v) is 1.47. The Balaban J connectivity index is 0. The van der Waals surface area contributed by atoms with Gasteiger partial charge in [0, 0.05) is 4.47 Å². The molecule has 0 spiro atoms. The van der Waals surface area contributed by atoms with Crippen LogP contribution in [0.1, 0.15) is 58.8 Å². The average Bonchev–Trinajstić information content (AvgIpc) is 2.30. The van der Waals surface area contributed by atoms with E-state index in [9.17, 15) is 13.6 Å². The van der Waals surface area contributed by atoms with Crippen LogP contribution in [0.25, 0.3) is 0 Å². The Morgan fingerprint density at radius 3 is 1.70 bits per heavy atom. The van der Waals surface area contributed by atoms with Crippen LogP contribution in [-0.2, 0) is 4.74 Å². The van der Waals surface area contributed by atoms with E-state index in [1.165, 1.54) is 0 Å². The molecule has 0 atom stereocenters. The van der Waals surface area contributed by atoms with E-state index in [1.807, 2.05) is 27.7 Å². The summed E-state index contributed by atoms with van der Waals surface area (Å²) in [6.45, 7) is 12.9. The van der Waals surface area contributed by atoms with Gasteiger partial charge >= 0.3 is 5.97 Å². The molecule has 0 aliphatic rings. The van der Waals surface area contributed by atoms with Crippen LogP contribution in [0.5, 0.6) is 0 Å². The molecule has 0 saturated heterocycles. The molecule has 0 saturated carbocycles. The van der Waals surface area contributed by atoms with Gasteiger partial charge in [0.2, 0.25) is 0 Å². The standard InChI is InChI=1S/C11H11BrF2O2.2C2H6/c1-11(2,3)16-10(15)9-7(13)4-6(12)5-8(9)14;2*1-2/h4-5H,1-3H3;2*1-2H3. The quantitative estimate of drug-likeness (QED) is 0.602. The summed E-state index contributed by atoms with van der Waals surface area (Å²) in [6, 6.07) is 2.03. The van der Waals surface area contributed by atoms with Crippen LogP contribution in [0.3, 0.4) is 0 Å². The molecule has 1 rings (SSSR count). The summed E-state index contributed by atoms with van der Waals surface area (Å²) in [4.78, 5) is 11.5. The van der Waals surface area contributed by atoms with E-state index in [0.717, 1.165) is 12.1 Å². The monoisotopic (exact) mass is 352 g/mol. The lowest BCUT2D eigenvalue weighted by Crippen LogP contribution is -2.25. The van der Waals surface area contributed by atoms with Gasteiger partial charge in [-0.3, -0.25) is 0 Å². The number of hydrogen-bond acceptors (Lipinski definition) is 2. The van der Waals surface area contributed by atoms with Crippen molar-refractivity contribution in [3.63, 3.8) is 0 Å². The maximum atomic E-state index is 13.4. The lowest BCUT2D eigenvalue weighted by atomic mass is 10.1. The summed E-state index contributed by atoms with van der Waals surface area (Å²) >= 11 is 2.93. The van der Waals surface area contributed by atoms with Crippen molar-refractivity contribution in [2.45, 2.75) is 54.1 Å². The molecule has 0 aliphatic heterocycles. The van der Waals surface area contributed by atoms with Crippen LogP contribution in [0, 0.1) is 11.6 Å². The number of benzene rings is 1. The largest absolute Gasteiger partial charge is 0.456 e. The first-order valence-electron chi connectivity index (χ1n) is 6.58. The van der Waals surface area contributed by atoms with E-state index >= 15 is 0 Å². The number of ether oxygens (including phenoxy) is 1. The number of hydrogen-bond donors (Lipinski definition) is 0. The van der Waals surface area contributed by atoms with Gasteiger partial charge in [-0.2, -0.15) is 0 Å². The molecule has 0 heterocycles. The summed E-state index contributed by atoms with van der Waals surface area (Å²) < 4.78 is 31.9. The third kappa shape index (κ3) is 7.58. The third-order valence-electron chi connectivity index (χ3n) is 1.61. The molecule has 0 amide bonds. The van der Waals surface area contributed by atoms with E-state index < -0.39 is 28.8 Å². The number of carbonyl (C=O) groups is 1. The molecule has 0 N–H and O–H groups in total. The second-order valence-corrected chi connectivity index (χ2v) is 5.16. The Bertz CT molecular complexity index is 403. The van der Waals surface area contributed by atoms with Crippen molar-refractivity contribution in [3.8, 4) is 0 Å². The van der Waals surface area contributed by atoms with Crippen LogP contribution in [-0.4, -0.2) is 11.6 Å². The summed E-state index contributed by atoms with van der Waals surface area (Å²) in [5, 5.41) is 0. The zero-order valence-electron chi connectivity index (χ0n) is 13.1. The van der Waals surface area contributed by atoms with Gasteiger partial charge in [0.25, 0.3) is 0 Å². The van der Waals surface area contributed by atoms with Crippen molar-refractivity contribution >= 4 is 21.9 Å². The maximum absolute atomic E-state index is 13.4. The highest BCUT2D eigenvalue weighted by Gasteiger charge is 2.24. The molecule has 2 nitrogen and oxygen atoms in total. The Morgan fingerprint density at radius 2 is 1.40 bits per heavy atom. The predicted molar refractivity (Wildman–Crippen MR) is 81.9 cm³/mol. The molecule has 0 unspecified atom stereocenters. The van der Waals surface area contributed by atoms with Crippen LogP contribution < -0.4 is 0 Å². The first-order chi connectivity index (χ1) is 9.20. The summed E-state index contributed by atoms with van der Waals surface area (Å²) in [5.41, 5.74) is -1.46. The van der Waals surface area contributed by atoms with Gasteiger partial charge in [0.1, 0.15) is 22.8 Å². The van der Waals surface area contributed by atoms with E-state index in [2.05, 4.69) is 15.9 Å². The van der Waals surface area contributed by atoms with Gasteiger partial charge in [-0.25, -0.2) is 13.6 Å². The Morgan fingerprint density at radius 1 is 1.05 bits per heavy atom. The maximum Gasteiger partial charge on any atom is 0.344 e. The van der Waals surface area contributed by atoms with Crippen LogP contribution in [0.2, 0.25) is 0 Å². The van der Waals surface area contributed by atoms with Gasteiger partial charge in [0.05, 0.1) is 0 Å². The lowest BCUT2D eigenvalue weighted by molar-refractivity contribution is 0.00595. The number of rotatable bonds is 1. The highest BCUT2D eigenvalue weighted by Crippen LogP contribution is 2.22. The zero-order valence-corrected chi connectivity index (χ0v) is 14.7. The Hall–Kier alpha value is -0.970. The van der Waals surface area contributed by atoms with Gasteiger partial charge in [-0.05, 0) is 32.9 Å². The molecule has 0 radical (unpaired) electrons. The first-order valence-corrected chi connectivity index (χ1v) is 7.38. The van der Waals surface area contributed by atoms with Gasteiger partial charge in [-0.15, -0.1) is 0 Å². The summed E-state index contributed by atoms with van der Waals surface area (Å²) in [6.07, 6.45) is 0. The molecule has 116 valence electrons. The minimum atomic E-state index is -1.00. The topological polar surface area (TPSA) is 26.3 Å². The van der Waals surface area contributed by atoms with Gasteiger partial charge in [0.15, 0.2) is 0 Å². The molecule has 0 fully saturated rings. The van der Waals surface area contributed by atoms with Gasteiger partial charge < -0.3 is 4.74 Å². The molecule has 0 aliphatic carbocycles. The molecule has 1 aromatic rings. The van der Waals surface area contributed by atoms with Crippen molar-refractivity contribution in [1.82, 2.24) is 0 Å². The highest BCUT2D eigenvalue weighted by molar-refractivity contribution is 9.10. The van der Waals surface area contributed by atoms with Crippen LogP contribution in [0.15, 0.2) is 16.6 Å². The fourth-order valence-electron chi connectivity index (χ4n) is 1.07. The highest BCUT2D eigenvalue weighted by atomic mass is 79.9. The van der Waals surface area contributed by atoms with Crippen molar-refractivity contribution in [2.75, 3.05) is 0 Å². The minimum absolute atomic E-state index is 0.231. The smallest absolute Gasteiger partial charge is 0.344 e. The molecule has 0 bridgehead atoms. The van der Waals surface area contributed by atoms with Crippen LogP contribution in [0.4, 0.5) is 8.78 Å². The number of carbonyl (C=O) groups excluding carboxylic acids is 1. The SMILES string of the molecule is CC.CC.CC(C)(C)OC(=O)c1c(F)cc(Br)cc1F. The van der Waals surface area contributed by atoms with Crippen molar-refractivity contribution in [3.05, 3.63) is 33.8 Å². The van der Waals surface area contributed by atoms with E-state index in [0.29, 0.717) is 0 Å². The van der Waals surface area contributed by atoms with Crippen molar-refractivity contribution in [2.24, 2.45) is 0 Å². The molecular formula is C15H23BrF2O2. The lowest BCUT2D eigenvalue weighted by Gasteiger charge is -2.19. The minimum Gasteiger partial charge on any atom is -0.456 e. The zero-order chi connectivity index (χ0) is 16.5. The Kier molecular flexibility index (Phi) is 10.5. The van der Waals surface area contributed by atoms with E-state index in [4.69, 9.17) is 4.74 Å². The van der Waals surface area contributed by atoms with E-state index in [1.54, 1.807) is 20.8 Å².